The second kappa shape index (κ2) is 9.47. The van der Waals surface area contributed by atoms with E-state index in [9.17, 15) is 0 Å². The lowest BCUT2D eigenvalue weighted by Gasteiger charge is -2.15. The molecule has 0 heterocycles. The Bertz CT molecular complexity index is 130. The van der Waals surface area contributed by atoms with Gasteiger partial charge in [-0.25, -0.2) is 0 Å². The highest BCUT2D eigenvalue weighted by molar-refractivity contribution is 6.17. The Kier molecular flexibility index (Phi) is 8.41. The zero-order chi connectivity index (χ0) is 10.8. The van der Waals surface area contributed by atoms with Crippen LogP contribution in [0.15, 0.2) is 0 Å². The number of hydrogen-bond donors (Lipinski definition) is 1. The molecule has 0 radical (unpaired) electrons. The van der Waals surface area contributed by atoms with Gasteiger partial charge in [-0.2, -0.15) is 0 Å². The van der Waals surface area contributed by atoms with Gasteiger partial charge in [0.25, 0.3) is 0 Å². The molecule has 1 fully saturated rings. The summed E-state index contributed by atoms with van der Waals surface area (Å²) in [5, 5.41) is 3.71. The summed E-state index contributed by atoms with van der Waals surface area (Å²) in [4.78, 5) is 0. The van der Waals surface area contributed by atoms with Gasteiger partial charge >= 0.3 is 0 Å². The van der Waals surface area contributed by atoms with Crippen molar-refractivity contribution < 1.29 is 0 Å². The minimum atomic E-state index is 0.820. The Labute approximate surface area is 100.0 Å². The monoisotopic (exact) mass is 231 g/mol. The first-order chi connectivity index (χ1) is 7.43. The van der Waals surface area contributed by atoms with Crippen molar-refractivity contribution in [2.45, 2.75) is 70.3 Å². The smallest absolute Gasteiger partial charge is 0.0223 e. The highest BCUT2D eigenvalue weighted by Gasteiger charge is 2.10. The number of halogens is 1. The maximum Gasteiger partial charge on any atom is 0.0223 e. The van der Waals surface area contributed by atoms with Crippen LogP contribution >= 0.6 is 11.6 Å². The summed E-state index contributed by atoms with van der Waals surface area (Å²) < 4.78 is 0. The fourth-order valence-corrected chi connectivity index (χ4v) is 2.55. The molecule has 0 bridgehead atoms. The zero-order valence-corrected chi connectivity index (χ0v) is 10.7. The number of alkyl halides is 1. The van der Waals surface area contributed by atoms with Gasteiger partial charge < -0.3 is 5.32 Å². The molecule has 1 saturated carbocycles. The fraction of sp³-hybridized carbons (Fsp3) is 1.00. The van der Waals surface area contributed by atoms with Crippen molar-refractivity contribution in [3.63, 3.8) is 0 Å². The van der Waals surface area contributed by atoms with E-state index in [1.807, 2.05) is 0 Å². The Morgan fingerprint density at radius 1 is 0.867 bits per heavy atom. The zero-order valence-electron chi connectivity index (χ0n) is 9.94. The molecule has 0 aliphatic heterocycles. The Morgan fingerprint density at radius 3 is 2.20 bits per heavy atom. The van der Waals surface area contributed by atoms with Gasteiger partial charge in [-0.1, -0.05) is 38.5 Å². The van der Waals surface area contributed by atoms with Crippen LogP contribution in [0, 0.1) is 0 Å². The molecule has 0 aromatic carbocycles. The highest BCUT2D eigenvalue weighted by Crippen LogP contribution is 2.17. The molecule has 1 N–H and O–H groups in total. The van der Waals surface area contributed by atoms with Crippen LogP contribution in [-0.4, -0.2) is 18.5 Å². The normalized spacial score (nSPS) is 19.0. The van der Waals surface area contributed by atoms with E-state index in [4.69, 9.17) is 11.6 Å². The summed E-state index contributed by atoms with van der Waals surface area (Å²) in [5.41, 5.74) is 0. The molecule has 0 atom stereocenters. The first-order valence-corrected chi connectivity index (χ1v) is 7.26. The lowest BCUT2D eigenvalue weighted by atomic mass is 10.1. The summed E-state index contributed by atoms with van der Waals surface area (Å²) in [5.74, 6) is 0.829. The van der Waals surface area contributed by atoms with E-state index in [0.717, 1.165) is 11.9 Å². The molecule has 90 valence electrons. The van der Waals surface area contributed by atoms with Gasteiger partial charge in [0.1, 0.15) is 0 Å². The quantitative estimate of drug-likeness (QED) is 0.395. The van der Waals surface area contributed by atoms with Gasteiger partial charge in [0.05, 0.1) is 0 Å². The van der Waals surface area contributed by atoms with E-state index in [0.29, 0.717) is 0 Å². The van der Waals surface area contributed by atoms with Crippen LogP contribution < -0.4 is 5.32 Å². The second-order valence-corrected chi connectivity index (χ2v) is 5.12. The summed E-state index contributed by atoms with van der Waals surface area (Å²) in [7, 11) is 0. The molecule has 1 aliphatic rings. The molecule has 0 spiro atoms. The van der Waals surface area contributed by atoms with E-state index in [1.165, 1.54) is 70.8 Å². The van der Waals surface area contributed by atoms with Gasteiger partial charge in [0.15, 0.2) is 0 Å². The third kappa shape index (κ3) is 7.19. The van der Waals surface area contributed by atoms with Gasteiger partial charge in [0, 0.05) is 11.9 Å². The fourth-order valence-electron chi connectivity index (χ4n) is 2.36. The summed E-state index contributed by atoms with van der Waals surface area (Å²) in [6.07, 6.45) is 13.7. The molecular weight excluding hydrogens is 206 g/mol. The van der Waals surface area contributed by atoms with E-state index in [2.05, 4.69) is 5.32 Å². The van der Waals surface area contributed by atoms with Gasteiger partial charge in [-0.3, -0.25) is 0 Å². The van der Waals surface area contributed by atoms with Gasteiger partial charge in [-0.05, 0) is 32.2 Å². The number of unbranched alkanes of at least 4 members (excludes halogenated alkanes) is 3. The Balaban J connectivity index is 1.89. The Morgan fingerprint density at radius 2 is 1.53 bits per heavy atom. The average molecular weight is 232 g/mol. The van der Waals surface area contributed by atoms with Crippen LogP contribution in [0.4, 0.5) is 0 Å². The van der Waals surface area contributed by atoms with Crippen molar-refractivity contribution in [1.82, 2.24) is 5.32 Å². The van der Waals surface area contributed by atoms with Crippen molar-refractivity contribution in [3.05, 3.63) is 0 Å². The van der Waals surface area contributed by atoms with Crippen molar-refractivity contribution in [3.8, 4) is 0 Å². The maximum absolute atomic E-state index is 5.64. The summed E-state index contributed by atoms with van der Waals surface area (Å²) in [6, 6.07) is 0.820. The van der Waals surface area contributed by atoms with Crippen molar-refractivity contribution in [1.29, 1.82) is 0 Å². The number of rotatable bonds is 7. The first kappa shape index (κ1) is 13.3. The molecule has 0 amide bonds. The highest BCUT2D eigenvalue weighted by atomic mass is 35.5. The van der Waals surface area contributed by atoms with Crippen LogP contribution in [0.5, 0.6) is 0 Å². The molecule has 0 unspecified atom stereocenters. The molecule has 1 nitrogen and oxygen atoms in total. The van der Waals surface area contributed by atoms with Crippen LogP contribution in [0.1, 0.15) is 64.2 Å². The molecule has 15 heavy (non-hydrogen) atoms. The maximum atomic E-state index is 5.64. The Hall–Kier alpha value is 0.250. The molecular formula is C13H26ClN. The lowest BCUT2D eigenvalue weighted by molar-refractivity contribution is 0.449. The molecule has 1 aliphatic carbocycles. The SMILES string of the molecule is ClCCCCCCNC1CCCCCC1. The topological polar surface area (TPSA) is 12.0 Å². The van der Waals surface area contributed by atoms with Gasteiger partial charge in [-0.15, -0.1) is 11.6 Å². The van der Waals surface area contributed by atoms with Crippen LogP contribution in [0.3, 0.4) is 0 Å². The molecule has 2 heteroatoms. The van der Waals surface area contributed by atoms with Gasteiger partial charge in [0.2, 0.25) is 0 Å². The van der Waals surface area contributed by atoms with Crippen molar-refractivity contribution in [2.75, 3.05) is 12.4 Å². The van der Waals surface area contributed by atoms with Crippen LogP contribution in [-0.2, 0) is 0 Å². The van der Waals surface area contributed by atoms with E-state index in [1.54, 1.807) is 0 Å². The predicted molar refractivity (Wildman–Crippen MR) is 68.7 cm³/mol. The minimum absolute atomic E-state index is 0.820. The average Bonchev–Trinajstić information content (AvgIpc) is 2.52. The molecule has 1 rings (SSSR count). The third-order valence-electron chi connectivity index (χ3n) is 3.35. The van der Waals surface area contributed by atoms with E-state index >= 15 is 0 Å². The van der Waals surface area contributed by atoms with E-state index < -0.39 is 0 Å². The standard InChI is InChI=1S/C13H26ClN/c14-11-7-3-4-8-12-15-13-9-5-1-2-6-10-13/h13,15H,1-12H2. The van der Waals surface area contributed by atoms with E-state index in [-0.39, 0.29) is 0 Å². The summed E-state index contributed by atoms with van der Waals surface area (Å²) in [6.45, 7) is 1.22. The van der Waals surface area contributed by atoms with Crippen molar-refractivity contribution >= 4 is 11.6 Å². The predicted octanol–water partition coefficient (Wildman–Crippen LogP) is 4.10. The second-order valence-electron chi connectivity index (χ2n) is 4.75. The number of hydrogen-bond acceptors (Lipinski definition) is 1. The molecule has 0 aromatic rings. The molecule has 0 aromatic heterocycles. The van der Waals surface area contributed by atoms with Crippen molar-refractivity contribution in [2.24, 2.45) is 0 Å². The first-order valence-electron chi connectivity index (χ1n) is 6.73. The minimum Gasteiger partial charge on any atom is -0.314 e. The number of nitrogens with one attached hydrogen (secondary N) is 1. The third-order valence-corrected chi connectivity index (χ3v) is 3.62. The summed E-state index contributed by atoms with van der Waals surface area (Å²) >= 11 is 5.64. The van der Waals surface area contributed by atoms with Crippen LogP contribution in [0.25, 0.3) is 0 Å². The van der Waals surface area contributed by atoms with Crippen LogP contribution in [0.2, 0.25) is 0 Å². The molecule has 0 saturated heterocycles. The lowest BCUT2D eigenvalue weighted by Crippen LogP contribution is -2.29. The largest absolute Gasteiger partial charge is 0.314 e.